The molecule has 0 aromatic heterocycles. The standard InChI is InChI=1S/C15H27N3O/c1-10(2)9-17-14(16)18-12-11-5-8-19-13(11)15(12)6-3-4-7-15/h10-13H,3-9H2,1-2H3,(H3,16,17,18). The van der Waals surface area contributed by atoms with Gasteiger partial charge in [0.1, 0.15) is 0 Å². The molecule has 3 atom stereocenters. The van der Waals surface area contributed by atoms with Crippen LogP contribution in [0.15, 0.2) is 4.99 Å². The Bertz CT molecular complexity index is 360. The van der Waals surface area contributed by atoms with E-state index in [1.54, 1.807) is 0 Å². The van der Waals surface area contributed by atoms with Crippen molar-refractivity contribution in [3.8, 4) is 0 Å². The summed E-state index contributed by atoms with van der Waals surface area (Å²) < 4.78 is 5.98. The topological polar surface area (TPSA) is 59.6 Å². The fraction of sp³-hybridized carbons (Fsp3) is 0.933. The first kappa shape index (κ1) is 13.2. The van der Waals surface area contributed by atoms with Crippen LogP contribution in [0.2, 0.25) is 0 Å². The summed E-state index contributed by atoms with van der Waals surface area (Å²) >= 11 is 0. The summed E-state index contributed by atoms with van der Waals surface area (Å²) in [5.74, 6) is 1.85. The number of nitrogens with two attached hydrogens (primary N) is 1. The molecule has 0 aromatic rings. The van der Waals surface area contributed by atoms with Crippen LogP contribution in [0.25, 0.3) is 0 Å². The van der Waals surface area contributed by atoms with E-state index in [1.807, 2.05) is 0 Å². The lowest BCUT2D eigenvalue weighted by Crippen LogP contribution is -2.69. The van der Waals surface area contributed by atoms with Gasteiger partial charge in [-0.2, -0.15) is 0 Å². The summed E-state index contributed by atoms with van der Waals surface area (Å²) in [4.78, 5) is 4.46. The van der Waals surface area contributed by atoms with Gasteiger partial charge in [0.25, 0.3) is 0 Å². The summed E-state index contributed by atoms with van der Waals surface area (Å²) in [6.45, 7) is 6.07. The molecule has 108 valence electrons. The highest BCUT2D eigenvalue weighted by atomic mass is 16.5. The van der Waals surface area contributed by atoms with Crippen LogP contribution in [-0.2, 0) is 4.74 Å². The van der Waals surface area contributed by atoms with Crippen LogP contribution in [0.3, 0.4) is 0 Å². The van der Waals surface area contributed by atoms with Gasteiger partial charge in [-0.15, -0.1) is 0 Å². The molecule has 3 rings (SSSR count). The summed E-state index contributed by atoms with van der Waals surface area (Å²) in [5.41, 5.74) is 6.42. The number of nitrogens with zero attached hydrogens (tertiary/aromatic N) is 1. The molecule has 0 bridgehead atoms. The molecule has 4 heteroatoms. The minimum Gasteiger partial charge on any atom is -0.377 e. The number of fused-ring (bicyclic) bond motifs is 2. The van der Waals surface area contributed by atoms with Gasteiger partial charge in [0.05, 0.1) is 6.10 Å². The van der Waals surface area contributed by atoms with Crippen molar-refractivity contribution in [3.05, 3.63) is 0 Å². The van der Waals surface area contributed by atoms with E-state index in [1.165, 1.54) is 32.1 Å². The fourth-order valence-corrected chi connectivity index (χ4v) is 4.39. The number of aliphatic imine (C=N–C) groups is 1. The average molecular weight is 265 g/mol. The molecule has 1 aliphatic heterocycles. The lowest BCUT2D eigenvalue weighted by atomic mass is 9.54. The van der Waals surface area contributed by atoms with Crippen LogP contribution < -0.4 is 11.1 Å². The van der Waals surface area contributed by atoms with Gasteiger partial charge in [0.15, 0.2) is 5.96 Å². The minimum atomic E-state index is 0.360. The molecule has 2 aliphatic carbocycles. The van der Waals surface area contributed by atoms with E-state index in [-0.39, 0.29) is 0 Å². The Morgan fingerprint density at radius 2 is 2.16 bits per heavy atom. The Hall–Kier alpha value is -0.770. The summed E-state index contributed by atoms with van der Waals surface area (Å²) in [5, 5.41) is 3.52. The Morgan fingerprint density at radius 1 is 1.42 bits per heavy atom. The average Bonchev–Trinajstić information content (AvgIpc) is 3.01. The predicted molar refractivity (Wildman–Crippen MR) is 77.0 cm³/mol. The zero-order chi connectivity index (χ0) is 13.5. The van der Waals surface area contributed by atoms with Gasteiger partial charge in [0, 0.05) is 30.5 Å². The Labute approximate surface area is 116 Å². The number of nitrogens with one attached hydrogen (secondary N) is 1. The van der Waals surface area contributed by atoms with E-state index in [0.717, 1.165) is 13.2 Å². The van der Waals surface area contributed by atoms with Gasteiger partial charge in [-0.05, 0) is 25.2 Å². The maximum Gasteiger partial charge on any atom is 0.188 e. The SMILES string of the molecule is CC(C)CN=C(N)NC1C2CCOC2C12CCCC2. The molecule has 19 heavy (non-hydrogen) atoms. The van der Waals surface area contributed by atoms with Crippen LogP contribution in [0, 0.1) is 17.3 Å². The van der Waals surface area contributed by atoms with Gasteiger partial charge < -0.3 is 15.8 Å². The molecular weight excluding hydrogens is 238 g/mol. The maximum absolute atomic E-state index is 6.06. The van der Waals surface area contributed by atoms with Crippen LogP contribution in [0.5, 0.6) is 0 Å². The Morgan fingerprint density at radius 3 is 2.84 bits per heavy atom. The van der Waals surface area contributed by atoms with E-state index in [2.05, 4.69) is 24.2 Å². The third-order valence-corrected chi connectivity index (χ3v) is 5.22. The molecule has 3 fully saturated rings. The second-order valence-corrected chi connectivity index (χ2v) is 6.93. The van der Waals surface area contributed by atoms with Crippen molar-refractivity contribution in [2.75, 3.05) is 13.2 Å². The first-order valence-corrected chi connectivity index (χ1v) is 7.81. The summed E-state index contributed by atoms with van der Waals surface area (Å²) in [6.07, 6.45) is 6.95. The van der Waals surface area contributed by atoms with E-state index < -0.39 is 0 Å². The highest BCUT2D eigenvalue weighted by Gasteiger charge is 2.64. The number of guanidine groups is 1. The Kier molecular flexibility index (Phi) is 3.46. The van der Waals surface area contributed by atoms with Crippen molar-refractivity contribution in [2.45, 2.75) is 58.1 Å². The number of hydrogen-bond acceptors (Lipinski definition) is 2. The van der Waals surface area contributed by atoms with Gasteiger partial charge in [-0.25, -0.2) is 0 Å². The third kappa shape index (κ3) is 2.14. The van der Waals surface area contributed by atoms with Crippen molar-refractivity contribution < 1.29 is 4.74 Å². The number of rotatable bonds is 3. The zero-order valence-corrected chi connectivity index (χ0v) is 12.2. The van der Waals surface area contributed by atoms with E-state index >= 15 is 0 Å². The van der Waals surface area contributed by atoms with Crippen LogP contribution in [0.4, 0.5) is 0 Å². The van der Waals surface area contributed by atoms with Crippen LogP contribution >= 0.6 is 0 Å². The third-order valence-electron chi connectivity index (χ3n) is 5.22. The minimum absolute atomic E-state index is 0.360. The van der Waals surface area contributed by atoms with Crippen molar-refractivity contribution >= 4 is 5.96 Å². The molecule has 1 saturated heterocycles. The highest BCUT2D eigenvalue weighted by molar-refractivity contribution is 5.78. The van der Waals surface area contributed by atoms with E-state index in [0.29, 0.717) is 35.4 Å². The fourth-order valence-electron chi connectivity index (χ4n) is 4.39. The van der Waals surface area contributed by atoms with Gasteiger partial charge in [-0.3, -0.25) is 4.99 Å². The maximum atomic E-state index is 6.06. The van der Waals surface area contributed by atoms with E-state index in [4.69, 9.17) is 10.5 Å². The van der Waals surface area contributed by atoms with Gasteiger partial charge >= 0.3 is 0 Å². The smallest absolute Gasteiger partial charge is 0.188 e. The summed E-state index contributed by atoms with van der Waals surface area (Å²) in [6, 6.07) is 0.499. The van der Waals surface area contributed by atoms with Gasteiger partial charge in [0.2, 0.25) is 0 Å². The zero-order valence-electron chi connectivity index (χ0n) is 12.2. The molecule has 0 radical (unpaired) electrons. The molecule has 1 heterocycles. The first-order valence-electron chi connectivity index (χ1n) is 7.81. The molecule has 1 spiro atoms. The van der Waals surface area contributed by atoms with Crippen molar-refractivity contribution in [1.29, 1.82) is 0 Å². The molecule has 3 aliphatic rings. The van der Waals surface area contributed by atoms with Crippen molar-refractivity contribution in [1.82, 2.24) is 5.32 Å². The predicted octanol–water partition coefficient (Wildman–Crippen LogP) is 1.89. The molecular formula is C15H27N3O. The largest absolute Gasteiger partial charge is 0.377 e. The lowest BCUT2D eigenvalue weighted by Gasteiger charge is -2.57. The molecule has 0 amide bonds. The molecule has 3 N–H and O–H groups in total. The normalized spacial score (nSPS) is 36.6. The molecule has 2 saturated carbocycles. The summed E-state index contributed by atoms with van der Waals surface area (Å²) in [7, 11) is 0. The molecule has 0 aromatic carbocycles. The van der Waals surface area contributed by atoms with Crippen LogP contribution in [0.1, 0.15) is 46.0 Å². The van der Waals surface area contributed by atoms with Crippen molar-refractivity contribution in [2.24, 2.45) is 28.0 Å². The van der Waals surface area contributed by atoms with E-state index in [9.17, 15) is 0 Å². The van der Waals surface area contributed by atoms with Crippen molar-refractivity contribution in [3.63, 3.8) is 0 Å². The Balaban J connectivity index is 1.67. The number of hydrogen-bond donors (Lipinski definition) is 2. The number of ether oxygens (including phenoxy) is 1. The second-order valence-electron chi connectivity index (χ2n) is 6.93. The quantitative estimate of drug-likeness (QED) is 0.605. The molecule has 3 unspecified atom stereocenters. The monoisotopic (exact) mass is 265 g/mol. The lowest BCUT2D eigenvalue weighted by molar-refractivity contribution is -0.124. The van der Waals surface area contributed by atoms with Gasteiger partial charge in [-0.1, -0.05) is 26.7 Å². The van der Waals surface area contributed by atoms with Crippen LogP contribution in [-0.4, -0.2) is 31.3 Å². The second kappa shape index (κ2) is 4.97. The molecule has 4 nitrogen and oxygen atoms in total. The first-order chi connectivity index (χ1) is 9.13. The highest BCUT2D eigenvalue weighted by Crippen LogP contribution is 2.60.